The molecule has 5 heteroatoms. The van der Waals surface area contributed by atoms with E-state index in [9.17, 15) is 4.79 Å². The number of amides is 1. The first-order chi connectivity index (χ1) is 11.1. The van der Waals surface area contributed by atoms with Crippen molar-refractivity contribution in [3.8, 4) is 5.75 Å². The molecule has 0 saturated carbocycles. The predicted octanol–water partition coefficient (Wildman–Crippen LogP) is 3.55. The molecule has 0 saturated heterocycles. The van der Waals surface area contributed by atoms with Gasteiger partial charge in [-0.15, -0.1) is 0 Å². The summed E-state index contributed by atoms with van der Waals surface area (Å²) in [5.41, 5.74) is 1.84. The van der Waals surface area contributed by atoms with E-state index < -0.39 is 6.10 Å². The fourth-order valence-corrected chi connectivity index (χ4v) is 2.65. The molecule has 23 heavy (non-hydrogen) atoms. The first-order valence-electron chi connectivity index (χ1n) is 7.97. The molecule has 0 spiro atoms. The minimum absolute atomic E-state index is 0.0767. The minimum Gasteiger partial charge on any atom is -0.478 e. The molecule has 0 aliphatic carbocycles. The number of nitrogens with one attached hydrogen (secondary N) is 2. The monoisotopic (exact) mass is 314 g/mol. The molecule has 1 aromatic heterocycles. The Bertz CT molecular complexity index is 708. The quantitative estimate of drug-likeness (QED) is 0.886. The van der Waals surface area contributed by atoms with Gasteiger partial charge in [0.15, 0.2) is 6.10 Å². The van der Waals surface area contributed by atoms with Crippen molar-refractivity contribution < 1.29 is 13.9 Å². The molecule has 122 valence electrons. The lowest BCUT2D eigenvalue weighted by Gasteiger charge is -2.26. The molecule has 0 radical (unpaired) electrons. The molecule has 2 heterocycles. The largest absolute Gasteiger partial charge is 0.478 e. The standard InChI is InChI=1S/C18H22N2O3/c1-4-16-18(21)20-15-8-6-13(9-17(15)23-16)12(3)19-10-14-7-5-11(2)22-14/h5-9,12,16,19H,4,10H2,1-3H3,(H,20,21)/t12-,16+/m1/s1. The van der Waals surface area contributed by atoms with Crippen molar-refractivity contribution in [3.05, 3.63) is 47.4 Å². The Kier molecular flexibility index (Phi) is 4.39. The van der Waals surface area contributed by atoms with Gasteiger partial charge in [0.1, 0.15) is 17.3 Å². The van der Waals surface area contributed by atoms with Gasteiger partial charge in [-0.2, -0.15) is 0 Å². The van der Waals surface area contributed by atoms with Crippen LogP contribution in [-0.4, -0.2) is 12.0 Å². The Morgan fingerprint density at radius 1 is 1.30 bits per heavy atom. The van der Waals surface area contributed by atoms with Crippen LogP contribution >= 0.6 is 0 Å². The number of benzene rings is 1. The molecule has 1 amide bonds. The summed E-state index contributed by atoms with van der Waals surface area (Å²) in [7, 11) is 0. The van der Waals surface area contributed by atoms with E-state index in [0.717, 1.165) is 28.5 Å². The molecule has 0 fully saturated rings. The maximum Gasteiger partial charge on any atom is 0.265 e. The average molecular weight is 314 g/mol. The van der Waals surface area contributed by atoms with Crippen molar-refractivity contribution in [2.24, 2.45) is 0 Å². The molecule has 0 bridgehead atoms. The van der Waals surface area contributed by atoms with Crippen molar-refractivity contribution in [2.75, 3.05) is 5.32 Å². The van der Waals surface area contributed by atoms with E-state index in [1.807, 2.05) is 44.2 Å². The van der Waals surface area contributed by atoms with Crippen LogP contribution < -0.4 is 15.4 Å². The predicted molar refractivity (Wildman–Crippen MR) is 88.5 cm³/mol. The maximum absolute atomic E-state index is 11.8. The molecule has 5 nitrogen and oxygen atoms in total. The Morgan fingerprint density at radius 3 is 2.83 bits per heavy atom. The lowest BCUT2D eigenvalue weighted by Crippen LogP contribution is -2.36. The van der Waals surface area contributed by atoms with Gasteiger partial charge in [0.2, 0.25) is 0 Å². The second-order valence-electron chi connectivity index (χ2n) is 5.87. The van der Waals surface area contributed by atoms with Gasteiger partial charge in [-0.1, -0.05) is 13.0 Å². The summed E-state index contributed by atoms with van der Waals surface area (Å²) < 4.78 is 11.4. The number of hydrogen-bond acceptors (Lipinski definition) is 4. The summed E-state index contributed by atoms with van der Waals surface area (Å²) in [5, 5.41) is 6.32. The molecule has 1 aliphatic rings. The van der Waals surface area contributed by atoms with Crippen LogP contribution in [0.1, 0.15) is 43.4 Å². The lowest BCUT2D eigenvalue weighted by atomic mass is 10.1. The third kappa shape index (κ3) is 3.40. The van der Waals surface area contributed by atoms with Gasteiger partial charge in [0.05, 0.1) is 12.2 Å². The van der Waals surface area contributed by atoms with Crippen molar-refractivity contribution >= 4 is 11.6 Å². The Balaban J connectivity index is 1.69. The van der Waals surface area contributed by atoms with Crippen LogP contribution in [0.15, 0.2) is 34.7 Å². The topological polar surface area (TPSA) is 63.5 Å². The zero-order valence-electron chi connectivity index (χ0n) is 13.7. The lowest BCUT2D eigenvalue weighted by molar-refractivity contribution is -0.123. The van der Waals surface area contributed by atoms with E-state index in [4.69, 9.17) is 9.15 Å². The van der Waals surface area contributed by atoms with E-state index >= 15 is 0 Å². The summed E-state index contributed by atoms with van der Waals surface area (Å²) in [6.45, 7) is 6.64. The zero-order chi connectivity index (χ0) is 16.4. The van der Waals surface area contributed by atoms with Crippen molar-refractivity contribution in [1.82, 2.24) is 5.32 Å². The summed E-state index contributed by atoms with van der Waals surface area (Å²) >= 11 is 0. The van der Waals surface area contributed by atoms with Crippen LogP contribution in [0.3, 0.4) is 0 Å². The van der Waals surface area contributed by atoms with E-state index in [0.29, 0.717) is 13.0 Å². The fourth-order valence-electron chi connectivity index (χ4n) is 2.65. The summed E-state index contributed by atoms with van der Waals surface area (Å²) in [5.74, 6) is 2.49. The SMILES string of the molecule is CC[C@@H]1Oc2cc([C@@H](C)NCc3ccc(C)o3)ccc2NC1=O. The second-order valence-corrected chi connectivity index (χ2v) is 5.87. The molecule has 2 aromatic rings. The number of carbonyl (C=O) groups is 1. The van der Waals surface area contributed by atoms with E-state index in [1.54, 1.807) is 0 Å². The summed E-state index contributed by atoms with van der Waals surface area (Å²) in [6.07, 6.45) is 0.244. The van der Waals surface area contributed by atoms with Gasteiger partial charge < -0.3 is 19.8 Å². The van der Waals surface area contributed by atoms with Gasteiger partial charge in [0.25, 0.3) is 5.91 Å². The van der Waals surface area contributed by atoms with Crippen LogP contribution in [0.25, 0.3) is 0 Å². The summed E-state index contributed by atoms with van der Waals surface area (Å²) in [4.78, 5) is 11.8. The highest BCUT2D eigenvalue weighted by Crippen LogP contribution is 2.33. The fraction of sp³-hybridized carbons (Fsp3) is 0.389. The van der Waals surface area contributed by atoms with Crippen molar-refractivity contribution in [1.29, 1.82) is 0 Å². The Labute approximate surface area is 136 Å². The molecular formula is C18H22N2O3. The van der Waals surface area contributed by atoms with Crippen LogP contribution in [0.4, 0.5) is 5.69 Å². The van der Waals surface area contributed by atoms with Gasteiger partial charge in [-0.3, -0.25) is 4.79 Å². The number of aryl methyl sites for hydroxylation is 1. The normalized spacial score (nSPS) is 18.0. The van der Waals surface area contributed by atoms with Crippen LogP contribution in [0, 0.1) is 6.92 Å². The molecule has 1 aromatic carbocycles. The second kappa shape index (κ2) is 6.46. The number of anilines is 1. The molecule has 0 unspecified atom stereocenters. The maximum atomic E-state index is 11.8. The first-order valence-corrected chi connectivity index (χ1v) is 7.97. The molecule has 3 rings (SSSR count). The Morgan fingerprint density at radius 2 is 2.13 bits per heavy atom. The van der Waals surface area contributed by atoms with E-state index in [1.165, 1.54) is 0 Å². The van der Waals surface area contributed by atoms with Crippen LogP contribution in [0.5, 0.6) is 5.75 Å². The van der Waals surface area contributed by atoms with Crippen LogP contribution in [0.2, 0.25) is 0 Å². The van der Waals surface area contributed by atoms with E-state index in [2.05, 4.69) is 17.6 Å². The first kappa shape index (κ1) is 15.6. The number of fused-ring (bicyclic) bond motifs is 1. The van der Waals surface area contributed by atoms with Gasteiger partial charge >= 0.3 is 0 Å². The Hall–Kier alpha value is -2.27. The minimum atomic E-state index is -0.410. The van der Waals surface area contributed by atoms with Crippen molar-refractivity contribution in [2.45, 2.75) is 45.9 Å². The van der Waals surface area contributed by atoms with Gasteiger partial charge in [-0.25, -0.2) is 0 Å². The molecule has 2 atom stereocenters. The van der Waals surface area contributed by atoms with E-state index in [-0.39, 0.29) is 11.9 Å². The van der Waals surface area contributed by atoms with Gasteiger partial charge in [0, 0.05) is 6.04 Å². The number of rotatable bonds is 5. The smallest absolute Gasteiger partial charge is 0.265 e. The third-order valence-electron chi connectivity index (χ3n) is 4.07. The number of furan rings is 1. The molecular weight excluding hydrogens is 292 g/mol. The average Bonchev–Trinajstić information content (AvgIpc) is 2.97. The highest BCUT2D eigenvalue weighted by atomic mass is 16.5. The summed E-state index contributed by atoms with van der Waals surface area (Å²) in [6, 6.07) is 9.97. The molecule has 2 N–H and O–H groups in total. The zero-order valence-corrected chi connectivity index (χ0v) is 13.7. The van der Waals surface area contributed by atoms with Crippen molar-refractivity contribution in [3.63, 3.8) is 0 Å². The molecule has 1 aliphatic heterocycles. The third-order valence-corrected chi connectivity index (χ3v) is 4.07. The number of carbonyl (C=O) groups excluding carboxylic acids is 1. The number of hydrogen-bond donors (Lipinski definition) is 2. The van der Waals surface area contributed by atoms with Crippen LogP contribution in [-0.2, 0) is 11.3 Å². The van der Waals surface area contributed by atoms with Gasteiger partial charge in [-0.05, 0) is 50.1 Å². The highest BCUT2D eigenvalue weighted by Gasteiger charge is 2.26. The highest BCUT2D eigenvalue weighted by molar-refractivity contribution is 5.97. The number of ether oxygens (including phenoxy) is 1.